The van der Waals surface area contributed by atoms with Crippen LogP contribution in [0.5, 0.6) is 0 Å². The first-order valence-corrected chi connectivity index (χ1v) is 6.92. The van der Waals surface area contributed by atoms with Crippen molar-refractivity contribution >= 4 is 21.9 Å². The van der Waals surface area contributed by atoms with Crippen LogP contribution in [0.4, 0.5) is 0 Å². The largest absolute Gasteiger partial charge is 0.333 e. The maximum Gasteiger partial charge on any atom is 0.333 e. The van der Waals surface area contributed by atoms with Crippen LogP contribution in [-0.4, -0.2) is 20.0 Å². The summed E-state index contributed by atoms with van der Waals surface area (Å²) in [5.41, 5.74) is 0.909. The van der Waals surface area contributed by atoms with Crippen molar-refractivity contribution in [2.45, 2.75) is 19.8 Å². The van der Waals surface area contributed by atoms with Crippen molar-refractivity contribution in [3.63, 3.8) is 0 Å². The van der Waals surface area contributed by atoms with Gasteiger partial charge in [0, 0.05) is 12.4 Å². The predicted octanol–water partition coefficient (Wildman–Crippen LogP) is 1.69. The zero-order chi connectivity index (χ0) is 13.1. The van der Waals surface area contributed by atoms with Crippen molar-refractivity contribution in [2.24, 2.45) is 11.1 Å². The molecule has 2 N–H and O–H groups in total. The third-order valence-electron chi connectivity index (χ3n) is 2.64. The van der Waals surface area contributed by atoms with E-state index in [4.69, 9.17) is 16.7 Å². The molecule has 0 aliphatic rings. The number of hydrogen-bond acceptors (Lipinski definition) is 4. The van der Waals surface area contributed by atoms with E-state index in [2.05, 4.69) is 9.17 Å². The molecule has 0 bridgehead atoms. The van der Waals surface area contributed by atoms with Crippen molar-refractivity contribution < 1.29 is 12.6 Å². The van der Waals surface area contributed by atoms with Crippen LogP contribution in [0.1, 0.15) is 25.3 Å². The van der Waals surface area contributed by atoms with Gasteiger partial charge in [-0.3, -0.25) is 9.17 Å². The standard InChI is InChI=1S/C10H15ClN2O3S/c1-7(6-16-17(12,14)15)8(2)9-3-4-13-5-10(9)11/h3-5,7-8H,6H2,1-2H3,(H2,12,14,15). The maximum absolute atomic E-state index is 10.7. The molecule has 0 saturated carbocycles. The van der Waals surface area contributed by atoms with E-state index in [0.717, 1.165) is 5.56 Å². The normalized spacial score (nSPS) is 15.5. The van der Waals surface area contributed by atoms with Gasteiger partial charge in [-0.1, -0.05) is 25.4 Å². The fraction of sp³-hybridized carbons (Fsp3) is 0.500. The summed E-state index contributed by atoms with van der Waals surface area (Å²) < 4.78 is 25.9. The van der Waals surface area contributed by atoms with Crippen LogP contribution >= 0.6 is 11.6 Å². The van der Waals surface area contributed by atoms with E-state index in [0.29, 0.717) is 5.02 Å². The van der Waals surface area contributed by atoms with Gasteiger partial charge in [0.25, 0.3) is 0 Å². The lowest BCUT2D eigenvalue weighted by atomic mass is 9.90. The Hall–Kier alpha value is -0.690. The molecule has 1 aromatic rings. The summed E-state index contributed by atoms with van der Waals surface area (Å²) in [6, 6.07) is 1.81. The van der Waals surface area contributed by atoms with Gasteiger partial charge >= 0.3 is 10.3 Å². The fourth-order valence-corrected chi connectivity index (χ4v) is 2.10. The average Bonchev–Trinajstić information content (AvgIpc) is 2.24. The molecular weight excluding hydrogens is 264 g/mol. The van der Waals surface area contributed by atoms with Gasteiger partial charge in [-0.2, -0.15) is 8.42 Å². The summed E-state index contributed by atoms with van der Waals surface area (Å²) in [5.74, 6) is 0.0143. The first-order valence-electron chi connectivity index (χ1n) is 5.08. The third-order valence-corrected chi connectivity index (χ3v) is 3.42. The van der Waals surface area contributed by atoms with E-state index in [9.17, 15) is 8.42 Å². The Labute approximate surface area is 106 Å². The summed E-state index contributed by atoms with van der Waals surface area (Å²) in [5, 5.41) is 5.32. The van der Waals surface area contributed by atoms with Gasteiger partial charge in [-0.25, -0.2) is 5.14 Å². The van der Waals surface area contributed by atoms with Gasteiger partial charge in [-0.15, -0.1) is 0 Å². The minimum Gasteiger partial charge on any atom is -0.263 e. The first kappa shape index (κ1) is 14.4. The smallest absolute Gasteiger partial charge is 0.263 e. The maximum atomic E-state index is 10.7. The molecule has 2 atom stereocenters. The van der Waals surface area contributed by atoms with Crippen molar-refractivity contribution in [2.75, 3.05) is 6.61 Å². The van der Waals surface area contributed by atoms with Gasteiger partial charge < -0.3 is 0 Å². The zero-order valence-corrected chi connectivity index (χ0v) is 11.2. The molecule has 17 heavy (non-hydrogen) atoms. The summed E-state index contributed by atoms with van der Waals surface area (Å²) in [6.07, 6.45) is 3.20. The zero-order valence-electron chi connectivity index (χ0n) is 9.63. The minimum absolute atomic E-state index is 0.0264. The monoisotopic (exact) mass is 278 g/mol. The van der Waals surface area contributed by atoms with Crippen LogP contribution in [0.25, 0.3) is 0 Å². The molecule has 1 heterocycles. The van der Waals surface area contributed by atoms with E-state index in [1.807, 2.05) is 13.8 Å². The van der Waals surface area contributed by atoms with Gasteiger partial charge in [0.05, 0.1) is 11.6 Å². The molecule has 1 aromatic heterocycles. The topological polar surface area (TPSA) is 82.3 Å². The van der Waals surface area contributed by atoms with E-state index in [-0.39, 0.29) is 18.4 Å². The second kappa shape index (κ2) is 5.77. The molecule has 96 valence electrons. The van der Waals surface area contributed by atoms with Gasteiger partial charge in [0.1, 0.15) is 0 Å². The number of hydrogen-bond donors (Lipinski definition) is 1. The van der Waals surface area contributed by atoms with Crippen LogP contribution in [-0.2, 0) is 14.5 Å². The lowest BCUT2D eigenvalue weighted by molar-refractivity contribution is 0.247. The molecule has 7 heteroatoms. The third kappa shape index (κ3) is 4.59. The highest BCUT2D eigenvalue weighted by molar-refractivity contribution is 7.84. The van der Waals surface area contributed by atoms with Crippen LogP contribution in [0, 0.1) is 5.92 Å². The molecule has 1 rings (SSSR count). The molecule has 0 radical (unpaired) electrons. The molecule has 5 nitrogen and oxygen atoms in total. The number of rotatable bonds is 5. The molecule has 0 aliphatic heterocycles. The number of pyridine rings is 1. The van der Waals surface area contributed by atoms with Crippen molar-refractivity contribution in [3.8, 4) is 0 Å². The number of nitrogens with zero attached hydrogens (tertiary/aromatic N) is 1. The Morgan fingerprint density at radius 3 is 2.71 bits per heavy atom. The highest BCUT2D eigenvalue weighted by Gasteiger charge is 2.19. The number of halogens is 1. The lowest BCUT2D eigenvalue weighted by Crippen LogP contribution is -2.21. The molecule has 0 amide bonds. The van der Waals surface area contributed by atoms with Gasteiger partial charge in [0.2, 0.25) is 0 Å². The van der Waals surface area contributed by atoms with Crippen molar-refractivity contribution in [3.05, 3.63) is 29.0 Å². The fourth-order valence-electron chi connectivity index (χ4n) is 1.41. The Morgan fingerprint density at radius 2 is 2.18 bits per heavy atom. The van der Waals surface area contributed by atoms with Gasteiger partial charge in [0.15, 0.2) is 0 Å². The molecule has 0 fully saturated rings. The van der Waals surface area contributed by atoms with E-state index in [1.165, 1.54) is 0 Å². The quantitative estimate of drug-likeness (QED) is 0.888. The summed E-state index contributed by atoms with van der Waals surface area (Å²) in [7, 11) is -3.89. The molecule has 0 spiro atoms. The highest BCUT2D eigenvalue weighted by Crippen LogP contribution is 2.29. The van der Waals surface area contributed by atoms with Crippen molar-refractivity contribution in [1.82, 2.24) is 4.98 Å². The SMILES string of the molecule is CC(COS(N)(=O)=O)C(C)c1ccncc1Cl. The highest BCUT2D eigenvalue weighted by atomic mass is 35.5. The number of aromatic nitrogens is 1. The molecule has 0 aromatic carbocycles. The van der Waals surface area contributed by atoms with Gasteiger partial charge in [-0.05, 0) is 23.5 Å². The second-order valence-electron chi connectivity index (χ2n) is 3.94. The Morgan fingerprint density at radius 1 is 1.53 bits per heavy atom. The van der Waals surface area contributed by atoms with Crippen molar-refractivity contribution in [1.29, 1.82) is 0 Å². The van der Waals surface area contributed by atoms with E-state index < -0.39 is 10.3 Å². The van der Waals surface area contributed by atoms with E-state index >= 15 is 0 Å². The van der Waals surface area contributed by atoms with Crippen LogP contribution in [0.3, 0.4) is 0 Å². The Kier molecular flexibility index (Phi) is 4.88. The Balaban J connectivity index is 2.70. The molecule has 0 aliphatic carbocycles. The molecule has 0 saturated heterocycles. The van der Waals surface area contributed by atoms with Crippen LogP contribution in [0.15, 0.2) is 18.5 Å². The summed E-state index contributed by atoms with van der Waals surface area (Å²) >= 11 is 6.01. The first-order chi connectivity index (χ1) is 7.81. The lowest BCUT2D eigenvalue weighted by Gasteiger charge is -2.20. The summed E-state index contributed by atoms with van der Waals surface area (Å²) in [4.78, 5) is 3.89. The second-order valence-corrected chi connectivity index (χ2v) is 5.57. The minimum atomic E-state index is -3.89. The van der Waals surface area contributed by atoms with E-state index in [1.54, 1.807) is 18.5 Å². The predicted molar refractivity (Wildman–Crippen MR) is 65.9 cm³/mol. The molecule has 2 unspecified atom stereocenters. The van der Waals surface area contributed by atoms with Crippen LogP contribution < -0.4 is 5.14 Å². The Bertz CT molecular complexity index is 478. The molecular formula is C10H15ClN2O3S. The van der Waals surface area contributed by atoms with Crippen LogP contribution in [0.2, 0.25) is 5.02 Å². The number of nitrogens with two attached hydrogens (primary N) is 1. The average molecular weight is 279 g/mol. The summed E-state index contributed by atoms with van der Waals surface area (Å²) in [6.45, 7) is 3.84.